The second kappa shape index (κ2) is 5.10. The fourth-order valence-electron chi connectivity index (χ4n) is 1.95. The van der Waals surface area contributed by atoms with Gasteiger partial charge in [0.2, 0.25) is 0 Å². The quantitative estimate of drug-likeness (QED) is 0.895. The van der Waals surface area contributed by atoms with Crippen molar-refractivity contribution in [3.05, 3.63) is 34.3 Å². The van der Waals surface area contributed by atoms with Crippen LogP contribution in [0, 0.1) is 5.92 Å². The van der Waals surface area contributed by atoms with E-state index in [1.165, 1.54) is 5.56 Å². The first kappa shape index (κ1) is 11.1. The lowest BCUT2D eigenvalue weighted by molar-refractivity contribution is 0.0422. The van der Waals surface area contributed by atoms with Crippen molar-refractivity contribution in [3.63, 3.8) is 0 Å². The topological polar surface area (TPSA) is 35.2 Å². The summed E-state index contributed by atoms with van der Waals surface area (Å²) < 4.78 is 6.58. The van der Waals surface area contributed by atoms with Gasteiger partial charge in [0.15, 0.2) is 0 Å². The van der Waals surface area contributed by atoms with Gasteiger partial charge in [-0.2, -0.15) is 0 Å². The monoisotopic (exact) mass is 269 g/mol. The SMILES string of the molecule is N[C@@H]1CCOC[C@@H]1Cc1ccc(Br)cc1. The molecular formula is C12H16BrNO. The van der Waals surface area contributed by atoms with Crippen molar-refractivity contribution < 1.29 is 4.74 Å². The zero-order valence-electron chi connectivity index (χ0n) is 8.66. The number of ether oxygens (including phenoxy) is 1. The predicted molar refractivity (Wildman–Crippen MR) is 64.7 cm³/mol. The van der Waals surface area contributed by atoms with Gasteiger partial charge in [-0.3, -0.25) is 0 Å². The molecule has 1 heterocycles. The molecule has 0 spiro atoms. The van der Waals surface area contributed by atoms with Crippen molar-refractivity contribution >= 4 is 15.9 Å². The van der Waals surface area contributed by atoms with Crippen LogP contribution in [0.3, 0.4) is 0 Å². The zero-order chi connectivity index (χ0) is 10.7. The van der Waals surface area contributed by atoms with Gasteiger partial charge in [0.1, 0.15) is 0 Å². The summed E-state index contributed by atoms with van der Waals surface area (Å²) >= 11 is 3.43. The second-order valence-corrected chi connectivity index (χ2v) is 5.03. The fraction of sp³-hybridized carbons (Fsp3) is 0.500. The fourth-order valence-corrected chi connectivity index (χ4v) is 2.21. The molecular weight excluding hydrogens is 254 g/mol. The van der Waals surface area contributed by atoms with E-state index in [2.05, 4.69) is 40.2 Å². The number of nitrogens with two attached hydrogens (primary N) is 1. The molecule has 1 saturated heterocycles. The molecule has 0 unspecified atom stereocenters. The predicted octanol–water partition coefficient (Wildman–Crippen LogP) is 2.36. The molecule has 2 nitrogen and oxygen atoms in total. The third-order valence-corrected chi connectivity index (χ3v) is 3.47. The molecule has 1 aromatic carbocycles. The summed E-state index contributed by atoms with van der Waals surface area (Å²) in [7, 11) is 0. The molecule has 2 atom stereocenters. The van der Waals surface area contributed by atoms with E-state index < -0.39 is 0 Å². The Labute approximate surface area is 98.9 Å². The van der Waals surface area contributed by atoms with Crippen molar-refractivity contribution in [2.24, 2.45) is 11.7 Å². The molecule has 0 aromatic heterocycles. The summed E-state index contributed by atoms with van der Waals surface area (Å²) in [6.45, 7) is 1.62. The lowest BCUT2D eigenvalue weighted by Gasteiger charge is -2.28. The molecule has 1 aromatic rings. The highest BCUT2D eigenvalue weighted by atomic mass is 79.9. The smallest absolute Gasteiger partial charge is 0.0512 e. The summed E-state index contributed by atoms with van der Waals surface area (Å²) in [5.74, 6) is 0.472. The first-order valence-corrected chi connectivity index (χ1v) is 6.13. The highest BCUT2D eigenvalue weighted by molar-refractivity contribution is 9.10. The van der Waals surface area contributed by atoms with Crippen LogP contribution < -0.4 is 5.73 Å². The van der Waals surface area contributed by atoms with Gasteiger partial charge in [-0.1, -0.05) is 28.1 Å². The first-order valence-electron chi connectivity index (χ1n) is 5.33. The van der Waals surface area contributed by atoms with Crippen LogP contribution in [0.15, 0.2) is 28.7 Å². The van der Waals surface area contributed by atoms with Gasteiger partial charge in [0, 0.05) is 23.0 Å². The van der Waals surface area contributed by atoms with E-state index in [0.717, 1.165) is 30.5 Å². The van der Waals surface area contributed by atoms with E-state index in [4.69, 9.17) is 10.5 Å². The highest BCUT2D eigenvalue weighted by Gasteiger charge is 2.22. The van der Waals surface area contributed by atoms with Gasteiger partial charge in [-0.25, -0.2) is 0 Å². The molecule has 0 aliphatic carbocycles. The Morgan fingerprint density at radius 3 is 2.73 bits per heavy atom. The van der Waals surface area contributed by atoms with Crippen molar-refractivity contribution in [1.82, 2.24) is 0 Å². The minimum absolute atomic E-state index is 0.294. The summed E-state index contributed by atoms with van der Waals surface area (Å²) in [5.41, 5.74) is 7.40. The van der Waals surface area contributed by atoms with Crippen LogP contribution in [-0.4, -0.2) is 19.3 Å². The van der Waals surface area contributed by atoms with Crippen LogP contribution in [-0.2, 0) is 11.2 Å². The zero-order valence-corrected chi connectivity index (χ0v) is 10.2. The number of halogens is 1. The Hall–Kier alpha value is -0.380. The van der Waals surface area contributed by atoms with Crippen molar-refractivity contribution in [3.8, 4) is 0 Å². The average molecular weight is 270 g/mol. The maximum absolute atomic E-state index is 6.07. The Morgan fingerprint density at radius 1 is 1.33 bits per heavy atom. The molecule has 0 bridgehead atoms. The van der Waals surface area contributed by atoms with Crippen LogP contribution >= 0.6 is 15.9 Å². The molecule has 82 valence electrons. The normalized spacial score (nSPS) is 26.5. The first-order chi connectivity index (χ1) is 7.25. The average Bonchev–Trinajstić information content (AvgIpc) is 2.25. The molecule has 1 aliphatic rings. The van der Waals surface area contributed by atoms with E-state index in [9.17, 15) is 0 Å². The van der Waals surface area contributed by atoms with E-state index in [1.807, 2.05) is 0 Å². The van der Waals surface area contributed by atoms with Crippen LogP contribution in [0.5, 0.6) is 0 Å². The molecule has 0 saturated carbocycles. The lowest BCUT2D eigenvalue weighted by atomic mass is 9.90. The van der Waals surface area contributed by atoms with Gasteiger partial charge in [0.25, 0.3) is 0 Å². The van der Waals surface area contributed by atoms with E-state index in [1.54, 1.807) is 0 Å². The summed E-state index contributed by atoms with van der Waals surface area (Å²) in [5, 5.41) is 0. The number of hydrogen-bond acceptors (Lipinski definition) is 2. The molecule has 2 N–H and O–H groups in total. The summed E-state index contributed by atoms with van der Waals surface area (Å²) in [4.78, 5) is 0. The number of hydrogen-bond donors (Lipinski definition) is 1. The number of benzene rings is 1. The molecule has 15 heavy (non-hydrogen) atoms. The van der Waals surface area contributed by atoms with E-state index in [0.29, 0.717) is 12.0 Å². The Bertz CT molecular complexity index is 312. The summed E-state index contributed by atoms with van der Waals surface area (Å²) in [6, 6.07) is 8.73. The van der Waals surface area contributed by atoms with Crippen molar-refractivity contribution in [1.29, 1.82) is 0 Å². The van der Waals surface area contributed by atoms with Crippen LogP contribution in [0.25, 0.3) is 0 Å². The maximum atomic E-state index is 6.07. The van der Waals surface area contributed by atoms with E-state index >= 15 is 0 Å². The molecule has 1 fully saturated rings. The molecule has 1 aliphatic heterocycles. The van der Waals surface area contributed by atoms with Crippen LogP contribution in [0.2, 0.25) is 0 Å². The van der Waals surface area contributed by atoms with Gasteiger partial charge in [-0.05, 0) is 30.5 Å². The van der Waals surface area contributed by atoms with Crippen molar-refractivity contribution in [2.45, 2.75) is 18.9 Å². The molecule has 2 rings (SSSR count). The number of rotatable bonds is 2. The minimum atomic E-state index is 0.294. The van der Waals surface area contributed by atoms with Gasteiger partial charge in [0.05, 0.1) is 6.61 Å². The largest absolute Gasteiger partial charge is 0.381 e. The maximum Gasteiger partial charge on any atom is 0.0512 e. The van der Waals surface area contributed by atoms with Crippen LogP contribution in [0.1, 0.15) is 12.0 Å². The van der Waals surface area contributed by atoms with Gasteiger partial charge < -0.3 is 10.5 Å². The minimum Gasteiger partial charge on any atom is -0.381 e. The van der Waals surface area contributed by atoms with Crippen molar-refractivity contribution in [2.75, 3.05) is 13.2 Å². The van der Waals surface area contributed by atoms with Crippen LogP contribution in [0.4, 0.5) is 0 Å². The summed E-state index contributed by atoms with van der Waals surface area (Å²) in [6.07, 6.45) is 2.01. The molecule has 3 heteroatoms. The Balaban J connectivity index is 1.98. The highest BCUT2D eigenvalue weighted by Crippen LogP contribution is 2.19. The standard InChI is InChI=1S/C12H16BrNO/c13-11-3-1-9(2-4-11)7-10-8-15-6-5-12(10)14/h1-4,10,12H,5-8,14H2/t10-,12+/m0/s1. The molecule has 0 amide bonds. The van der Waals surface area contributed by atoms with Gasteiger partial charge >= 0.3 is 0 Å². The molecule has 0 radical (unpaired) electrons. The third kappa shape index (κ3) is 3.03. The third-order valence-electron chi connectivity index (χ3n) is 2.94. The lowest BCUT2D eigenvalue weighted by Crippen LogP contribution is -2.39. The Kier molecular flexibility index (Phi) is 3.78. The Morgan fingerprint density at radius 2 is 2.07 bits per heavy atom. The van der Waals surface area contributed by atoms with Gasteiger partial charge in [-0.15, -0.1) is 0 Å². The van der Waals surface area contributed by atoms with E-state index in [-0.39, 0.29) is 0 Å². The second-order valence-electron chi connectivity index (χ2n) is 4.12.